The van der Waals surface area contributed by atoms with Gasteiger partial charge in [-0.15, -0.1) is 0 Å². The molecule has 1 spiro atoms. The second-order valence-electron chi connectivity index (χ2n) is 8.61. The first-order chi connectivity index (χ1) is 12.7. The van der Waals surface area contributed by atoms with Crippen LogP contribution in [0.2, 0.25) is 0 Å². The number of fused-ring (bicyclic) bond motifs is 1. The second-order valence-corrected chi connectivity index (χ2v) is 8.61. The van der Waals surface area contributed by atoms with E-state index in [4.69, 9.17) is 9.72 Å². The van der Waals surface area contributed by atoms with Crippen LogP contribution >= 0.6 is 0 Å². The Morgan fingerprint density at radius 3 is 2.52 bits per heavy atom. The number of aliphatic hydroxyl groups is 2. The first-order valence-electron chi connectivity index (χ1n) is 9.90. The molecule has 0 radical (unpaired) electrons. The van der Waals surface area contributed by atoms with E-state index in [-0.39, 0.29) is 0 Å². The molecule has 146 valence electrons. The van der Waals surface area contributed by atoms with Gasteiger partial charge in [0.25, 0.3) is 0 Å². The smallest absolute Gasteiger partial charge is 0.129 e. The molecule has 3 heterocycles. The van der Waals surface area contributed by atoms with Gasteiger partial charge in [0.05, 0.1) is 17.7 Å². The van der Waals surface area contributed by atoms with Gasteiger partial charge in [-0.3, -0.25) is 0 Å². The number of piperidine rings is 1. The lowest BCUT2D eigenvalue weighted by molar-refractivity contribution is -0.239. The molecule has 0 bridgehead atoms. The number of benzene rings is 1. The molecule has 0 saturated carbocycles. The maximum absolute atomic E-state index is 10.7. The van der Waals surface area contributed by atoms with Gasteiger partial charge in [-0.1, -0.05) is 12.1 Å². The van der Waals surface area contributed by atoms with Gasteiger partial charge in [-0.25, -0.2) is 4.98 Å². The number of aromatic nitrogens is 1. The highest BCUT2D eigenvalue weighted by Gasteiger charge is 2.52. The van der Waals surface area contributed by atoms with E-state index in [1.807, 2.05) is 0 Å². The van der Waals surface area contributed by atoms with Crippen LogP contribution in [0.1, 0.15) is 42.9 Å². The fourth-order valence-electron chi connectivity index (χ4n) is 4.62. The molecule has 2 aliphatic rings. The van der Waals surface area contributed by atoms with Crippen molar-refractivity contribution in [2.45, 2.75) is 64.3 Å². The van der Waals surface area contributed by atoms with E-state index in [0.717, 1.165) is 24.4 Å². The van der Waals surface area contributed by atoms with Gasteiger partial charge in [0.2, 0.25) is 0 Å². The van der Waals surface area contributed by atoms with Crippen molar-refractivity contribution < 1.29 is 14.9 Å². The molecule has 5 heteroatoms. The van der Waals surface area contributed by atoms with Gasteiger partial charge in [-0.05, 0) is 63.3 Å². The number of pyridine rings is 1. The Bertz CT molecular complexity index is 869. The Morgan fingerprint density at radius 2 is 1.81 bits per heavy atom. The van der Waals surface area contributed by atoms with Crippen LogP contribution in [0.5, 0.6) is 0 Å². The molecular formula is C22H30N2O3. The summed E-state index contributed by atoms with van der Waals surface area (Å²) in [7, 11) is 0. The molecule has 2 aliphatic heterocycles. The summed E-state index contributed by atoms with van der Waals surface area (Å²) in [4.78, 5) is 7.25. The Kier molecular flexibility index (Phi) is 4.45. The maximum atomic E-state index is 10.7. The van der Waals surface area contributed by atoms with Gasteiger partial charge in [0.15, 0.2) is 0 Å². The van der Waals surface area contributed by atoms with Gasteiger partial charge in [-0.2, -0.15) is 0 Å². The molecular weight excluding hydrogens is 340 g/mol. The summed E-state index contributed by atoms with van der Waals surface area (Å²) in [5, 5.41) is 22.4. The Balaban J connectivity index is 1.61. The lowest BCUT2D eigenvalue weighted by atomic mass is 9.75. The average Bonchev–Trinajstić information content (AvgIpc) is 2.63. The quantitative estimate of drug-likeness (QED) is 0.808. The van der Waals surface area contributed by atoms with Gasteiger partial charge in [0, 0.05) is 24.9 Å². The SMILES string of the molecule is Cc1ccc2c(C)cc(N3CCC4(CC3)OCC[C@@](C)(O)[C@@H]4O)nc2c1C. The zero-order valence-electron chi connectivity index (χ0n) is 16.7. The summed E-state index contributed by atoms with van der Waals surface area (Å²) in [6.45, 7) is 10.1. The second kappa shape index (κ2) is 6.43. The summed E-state index contributed by atoms with van der Waals surface area (Å²) in [6, 6.07) is 6.47. The molecule has 2 atom stereocenters. The van der Waals surface area contributed by atoms with Crippen molar-refractivity contribution in [1.82, 2.24) is 4.98 Å². The number of anilines is 1. The first-order valence-corrected chi connectivity index (χ1v) is 9.90. The van der Waals surface area contributed by atoms with Crippen molar-refractivity contribution in [2.24, 2.45) is 0 Å². The van der Waals surface area contributed by atoms with E-state index in [0.29, 0.717) is 25.9 Å². The summed E-state index contributed by atoms with van der Waals surface area (Å²) in [6.07, 6.45) is 1.01. The highest BCUT2D eigenvalue weighted by atomic mass is 16.5. The van der Waals surface area contributed by atoms with Crippen LogP contribution in [0.15, 0.2) is 18.2 Å². The first kappa shape index (κ1) is 18.7. The van der Waals surface area contributed by atoms with Crippen LogP contribution in [0, 0.1) is 20.8 Å². The molecule has 0 unspecified atom stereocenters. The third kappa shape index (κ3) is 3.02. The summed E-state index contributed by atoms with van der Waals surface area (Å²) >= 11 is 0. The standard InChI is InChI=1S/C22H30N2O3/c1-14-5-6-17-15(2)13-18(23-19(17)16(14)3)24-10-7-22(8-11-24)20(25)21(4,26)9-12-27-22/h5-6,13,20,25-26H,7-12H2,1-4H3/t20-,21+/m0/s1. The minimum Gasteiger partial charge on any atom is -0.387 e. The number of hydrogen-bond donors (Lipinski definition) is 2. The Morgan fingerprint density at radius 1 is 1.11 bits per heavy atom. The number of aliphatic hydroxyl groups excluding tert-OH is 1. The molecule has 1 aromatic carbocycles. The van der Waals surface area contributed by atoms with Crippen molar-refractivity contribution in [3.8, 4) is 0 Å². The summed E-state index contributed by atoms with van der Waals surface area (Å²) in [5.74, 6) is 0.987. The normalized spacial score (nSPS) is 28.1. The van der Waals surface area contributed by atoms with Crippen LogP contribution in [-0.2, 0) is 4.74 Å². The van der Waals surface area contributed by atoms with Crippen molar-refractivity contribution >= 4 is 16.7 Å². The van der Waals surface area contributed by atoms with Gasteiger partial charge in [0.1, 0.15) is 17.5 Å². The number of nitrogens with zero attached hydrogens (tertiary/aromatic N) is 2. The van der Waals surface area contributed by atoms with Crippen molar-refractivity contribution in [1.29, 1.82) is 0 Å². The van der Waals surface area contributed by atoms with Gasteiger partial charge >= 0.3 is 0 Å². The van der Waals surface area contributed by atoms with E-state index in [1.54, 1.807) is 6.92 Å². The summed E-state index contributed by atoms with van der Waals surface area (Å²) < 4.78 is 6.01. The molecule has 2 aromatic rings. The predicted molar refractivity (Wildman–Crippen MR) is 107 cm³/mol. The number of ether oxygens (including phenoxy) is 1. The largest absolute Gasteiger partial charge is 0.387 e. The van der Waals surface area contributed by atoms with E-state index >= 15 is 0 Å². The van der Waals surface area contributed by atoms with Crippen LogP contribution < -0.4 is 4.90 Å². The predicted octanol–water partition coefficient (Wildman–Crippen LogP) is 3.03. The average molecular weight is 370 g/mol. The fourth-order valence-corrected chi connectivity index (χ4v) is 4.62. The van der Waals surface area contributed by atoms with Crippen LogP contribution in [0.25, 0.3) is 10.9 Å². The highest BCUT2D eigenvalue weighted by Crippen LogP contribution is 2.40. The monoisotopic (exact) mass is 370 g/mol. The minimum absolute atomic E-state index is 0.476. The third-order valence-corrected chi connectivity index (χ3v) is 6.72. The zero-order chi connectivity index (χ0) is 19.4. The minimum atomic E-state index is -1.08. The Hall–Kier alpha value is -1.69. The van der Waals surface area contributed by atoms with Crippen LogP contribution in [0.3, 0.4) is 0 Å². The highest BCUT2D eigenvalue weighted by molar-refractivity contribution is 5.87. The molecule has 0 amide bonds. The number of aryl methyl sites for hydroxylation is 3. The molecule has 0 aliphatic carbocycles. The zero-order valence-corrected chi connectivity index (χ0v) is 16.7. The molecule has 27 heavy (non-hydrogen) atoms. The molecule has 5 nitrogen and oxygen atoms in total. The van der Waals surface area contributed by atoms with Crippen LogP contribution in [-0.4, -0.2) is 52.2 Å². The van der Waals surface area contributed by atoms with Crippen molar-refractivity contribution in [3.05, 3.63) is 34.9 Å². The summed E-state index contributed by atoms with van der Waals surface area (Å²) in [5.41, 5.74) is 3.07. The third-order valence-electron chi connectivity index (χ3n) is 6.72. The molecule has 2 saturated heterocycles. The number of hydrogen-bond acceptors (Lipinski definition) is 5. The van der Waals surface area contributed by atoms with E-state index in [9.17, 15) is 10.2 Å². The molecule has 2 N–H and O–H groups in total. The Labute approximate surface area is 161 Å². The molecule has 2 fully saturated rings. The van der Waals surface area contributed by atoms with Crippen molar-refractivity contribution in [2.75, 3.05) is 24.6 Å². The number of rotatable bonds is 1. The van der Waals surface area contributed by atoms with Crippen LogP contribution in [0.4, 0.5) is 5.82 Å². The van der Waals surface area contributed by atoms with E-state index < -0.39 is 17.3 Å². The molecule has 1 aromatic heterocycles. The van der Waals surface area contributed by atoms with Crippen molar-refractivity contribution in [3.63, 3.8) is 0 Å². The maximum Gasteiger partial charge on any atom is 0.129 e. The topological polar surface area (TPSA) is 65.8 Å². The fraction of sp³-hybridized carbons (Fsp3) is 0.591. The van der Waals surface area contributed by atoms with Gasteiger partial charge < -0.3 is 19.8 Å². The lowest BCUT2D eigenvalue weighted by Gasteiger charge is -2.51. The lowest BCUT2D eigenvalue weighted by Crippen LogP contribution is -2.64. The molecule has 4 rings (SSSR count). The van der Waals surface area contributed by atoms with E-state index in [2.05, 4.69) is 43.9 Å². The van der Waals surface area contributed by atoms with E-state index in [1.165, 1.54) is 22.1 Å².